The summed E-state index contributed by atoms with van der Waals surface area (Å²) in [5.41, 5.74) is 3.00. The third-order valence-electron chi connectivity index (χ3n) is 4.57. The smallest absolute Gasteiger partial charge is 0.256 e. The lowest BCUT2D eigenvalue weighted by molar-refractivity contribution is 0.0818. The highest BCUT2D eigenvalue weighted by molar-refractivity contribution is 5.94. The van der Waals surface area contributed by atoms with E-state index in [2.05, 4.69) is 26.2 Å². The number of aromatic nitrogens is 3. The Hall–Kier alpha value is -2.72. The molecule has 0 aromatic carbocycles. The van der Waals surface area contributed by atoms with Crippen molar-refractivity contribution in [2.75, 3.05) is 20.6 Å². The normalized spacial score (nSPS) is 17.9. The number of carbonyl (C=O) groups excluding carboxylic acids is 1. The summed E-state index contributed by atoms with van der Waals surface area (Å²) in [6.07, 6.45) is 6.44. The standard InChI is InChI=1S/C18H22N6O/c1-23(2)18(25)15-11-21-22-17(15)16-5-3-4-8-24(16)12-14-7-6-13(9-19)10-20-14/h6-7,10-11,16H,3-5,8,12H2,1-2H3,(H,21,22). The second-order valence-electron chi connectivity index (χ2n) is 6.53. The Morgan fingerprint density at radius 3 is 2.92 bits per heavy atom. The zero-order valence-electron chi connectivity index (χ0n) is 14.6. The van der Waals surface area contributed by atoms with E-state index in [4.69, 9.17) is 5.26 Å². The first kappa shape index (κ1) is 17.1. The van der Waals surface area contributed by atoms with Gasteiger partial charge in [0.05, 0.1) is 34.8 Å². The Bertz CT molecular complexity index is 774. The minimum absolute atomic E-state index is 0.0363. The molecule has 1 fully saturated rings. The van der Waals surface area contributed by atoms with Gasteiger partial charge in [0.15, 0.2) is 0 Å². The van der Waals surface area contributed by atoms with E-state index in [-0.39, 0.29) is 11.9 Å². The van der Waals surface area contributed by atoms with Gasteiger partial charge in [-0.1, -0.05) is 6.42 Å². The number of pyridine rings is 1. The molecule has 3 rings (SSSR count). The Morgan fingerprint density at radius 1 is 1.40 bits per heavy atom. The second kappa shape index (κ2) is 7.45. The number of H-pyrrole nitrogens is 1. The van der Waals surface area contributed by atoms with E-state index in [1.54, 1.807) is 37.5 Å². The van der Waals surface area contributed by atoms with Crippen LogP contribution >= 0.6 is 0 Å². The second-order valence-corrected chi connectivity index (χ2v) is 6.53. The van der Waals surface area contributed by atoms with Crippen molar-refractivity contribution < 1.29 is 4.79 Å². The number of rotatable bonds is 4. The fourth-order valence-electron chi connectivity index (χ4n) is 3.26. The van der Waals surface area contributed by atoms with E-state index in [0.717, 1.165) is 37.2 Å². The molecule has 2 aromatic heterocycles. The number of piperidine rings is 1. The summed E-state index contributed by atoms with van der Waals surface area (Å²) in [6.45, 7) is 1.63. The molecule has 3 heterocycles. The SMILES string of the molecule is CN(C)C(=O)c1cn[nH]c1C1CCCCN1Cc1ccc(C#N)cn1. The highest BCUT2D eigenvalue weighted by Gasteiger charge is 2.29. The van der Waals surface area contributed by atoms with Gasteiger partial charge in [0.25, 0.3) is 5.91 Å². The molecule has 1 N–H and O–H groups in total. The summed E-state index contributed by atoms with van der Waals surface area (Å²) in [6, 6.07) is 5.89. The molecule has 130 valence electrons. The lowest BCUT2D eigenvalue weighted by Crippen LogP contribution is -2.35. The minimum atomic E-state index is -0.0363. The molecular weight excluding hydrogens is 316 g/mol. The molecule has 7 nitrogen and oxygen atoms in total. The molecule has 0 aliphatic carbocycles. The van der Waals surface area contributed by atoms with Crippen LogP contribution in [-0.2, 0) is 6.54 Å². The minimum Gasteiger partial charge on any atom is -0.345 e. The number of likely N-dealkylation sites (tertiary alicyclic amines) is 1. The van der Waals surface area contributed by atoms with Crippen LogP contribution in [0.25, 0.3) is 0 Å². The van der Waals surface area contributed by atoms with E-state index in [9.17, 15) is 4.79 Å². The Morgan fingerprint density at radius 2 is 2.24 bits per heavy atom. The van der Waals surface area contributed by atoms with Gasteiger partial charge in [-0.15, -0.1) is 0 Å². The van der Waals surface area contributed by atoms with Gasteiger partial charge in [-0.3, -0.25) is 19.8 Å². The summed E-state index contributed by atoms with van der Waals surface area (Å²) in [7, 11) is 3.50. The number of nitrogens with one attached hydrogen (secondary N) is 1. The first-order valence-corrected chi connectivity index (χ1v) is 8.44. The fraction of sp³-hybridized carbons (Fsp3) is 0.444. The molecule has 1 aliphatic rings. The van der Waals surface area contributed by atoms with Gasteiger partial charge < -0.3 is 4.90 Å². The molecule has 1 unspecified atom stereocenters. The summed E-state index contributed by atoms with van der Waals surface area (Å²) in [5, 5.41) is 16.1. The molecule has 0 saturated carbocycles. The lowest BCUT2D eigenvalue weighted by Gasteiger charge is -2.35. The van der Waals surface area contributed by atoms with Crippen molar-refractivity contribution in [1.29, 1.82) is 5.26 Å². The van der Waals surface area contributed by atoms with E-state index < -0.39 is 0 Å². The van der Waals surface area contributed by atoms with Crippen molar-refractivity contribution >= 4 is 5.91 Å². The molecule has 1 atom stereocenters. The molecule has 0 bridgehead atoms. The van der Waals surface area contributed by atoms with Gasteiger partial charge in [0, 0.05) is 26.8 Å². The molecule has 1 saturated heterocycles. The monoisotopic (exact) mass is 338 g/mol. The summed E-state index contributed by atoms with van der Waals surface area (Å²) < 4.78 is 0. The van der Waals surface area contributed by atoms with Crippen molar-refractivity contribution in [3.63, 3.8) is 0 Å². The molecule has 1 amide bonds. The predicted octanol–water partition coefficient (Wildman–Crippen LogP) is 2.11. The maximum absolute atomic E-state index is 12.4. The molecule has 0 radical (unpaired) electrons. The maximum atomic E-state index is 12.4. The first-order chi connectivity index (χ1) is 12.1. The largest absolute Gasteiger partial charge is 0.345 e. The quantitative estimate of drug-likeness (QED) is 0.922. The molecular formula is C18H22N6O. The third kappa shape index (κ3) is 3.69. The summed E-state index contributed by atoms with van der Waals surface area (Å²) in [4.78, 5) is 20.7. The van der Waals surface area contributed by atoms with Gasteiger partial charge in [0.1, 0.15) is 6.07 Å². The van der Waals surface area contributed by atoms with E-state index >= 15 is 0 Å². The number of carbonyl (C=O) groups is 1. The van der Waals surface area contributed by atoms with Gasteiger partial charge in [-0.05, 0) is 31.5 Å². The van der Waals surface area contributed by atoms with Crippen molar-refractivity contribution in [3.8, 4) is 6.07 Å². The highest BCUT2D eigenvalue weighted by atomic mass is 16.2. The number of hydrogen-bond donors (Lipinski definition) is 1. The van der Waals surface area contributed by atoms with Crippen LogP contribution in [0.2, 0.25) is 0 Å². The predicted molar refractivity (Wildman–Crippen MR) is 92.6 cm³/mol. The topological polar surface area (TPSA) is 88.9 Å². The number of amides is 1. The zero-order valence-corrected chi connectivity index (χ0v) is 14.6. The van der Waals surface area contributed by atoms with Crippen LogP contribution in [0.1, 0.15) is 52.6 Å². The van der Waals surface area contributed by atoms with Gasteiger partial charge in [-0.2, -0.15) is 10.4 Å². The highest BCUT2D eigenvalue weighted by Crippen LogP contribution is 2.32. The van der Waals surface area contributed by atoms with Gasteiger partial charge >= 0.3 is 0 Å². The van der Waals surface area contributed by atoms with Crippen LogP contribution < -0.4 is 0 Å². The van der Waals surface area contributed by atoms with E-state index in [0.29, 0.717) is 17.7 Å². The molecule has 1 aliphatic heterocycles. The Labute approximate surface area is 147 Å². The van der Waals surface area contributed by atoms with Crippen molar-refractivity contribution in [2.45, 2.75) is 31.8 Å². The number of nitriles is 1. The van der Waals surface area contributed by atoms with Gasteiger partial charge in [0.2, 0.25) is 0 Å². The van der Waals surface area contributed by atoms with Crippen molar-refractivity contribution in [3.05, 3.63) is 47.0 Å². The number of hydrogen-bond acceptors (Lipinski definition) is 5. The lowest BCUT2D eigenvalue weighted by atomic mass is 9.96. The fourth-order valence-corrected chi connectivity index (χ4v) is 3.26. The Balaban J connectivity index is 1.83. The number of nitrogens with zero attached hydrogens (tertiary/aromatic N) is 5. The molecule has 0 spiro atoms. The summed E-state index contributed by atoms with van der Waals surface area (Å²) in [5.74, 6) is -0.0363. The van der Waals surface area contributed by atoms with Crippen molar-refractivity contribution in [1.82, 2.24) is 25.0 Å². The van der Waals surface area contributed by atoms with Crippen LogP contribution in [0.3, 0.4) is 0 Å². The molecule has 7 heteroatoms. The van der Waals surface area contributed by atoms with Gasteiger partial charge in [-0.25, -0.2) is 0 Å². The molecule has 2 aromatic rings. The first-order valence-electron chi connectivity index (χ1n) is 8.44. The molecule has 25 heavy (non-hydrogen) atoms. The summed E-state index contributed by atoms with van der Waals surface area (Å²) >= 11 is 0. The maximum Gasteiger partial charge on any atom is 0.256 e. The van der Waals surface area contributed by atoms with Crippen LogP contribution in [0.4, 0.5) is 0 Å². The zero-order chi connectivity index (χ0) is 17.8. The average Bonchev–Trinajstić information content (AvgIpc) is 3.11. The van der Waals surface area contributed by atoms with E-state index in [1.165, 1.54) is 0 Å². The van der Waals surface area contributed by atoms with Crippen LogP contribution in [0.5, 0.6) is 0 Å². The Kier molecular flexibility index (Phi) is 5.10. The number of aromatic amines is 1. The van der Waals surface area contributed by atoms with Crippen LogP contribution in [0, 0.1) is 11.3 Å². The third-order valence-corrected chi connectivity index (χ3v) is 4.57. The van der Waals surface area contributed by atoms with Crippen LogP contribution in [-0.4, -0.2) is 51.5 Å². The van der Waals surface area contributed by atoms with Crippen molar-refractivity contribution in [2.24, 2.45) is 0 Å². The van der Waals surface area contributed by atoms with Crippen LogP contribution in [0.15, 0.2) is 24.5 Å². The van der Waals surface area contributed by atoms with E-state index in [1.807, 2.05) is 6.07 Å². The average molecular weight is 338 g/mol.